The van der Waals surface area contributed by atoms with Crippen molar-refractivity contribution in [3.8, 4) is 39.4 Å². The predicted molar refractivity (Wildman–Crippen MR) is 224 cm³/mol. The Morgan fingerprint density at radius 1 is 0.481 bits per heavy atom. The molecule has 5 nitrogen and oxygen atoms in total. The molecule has 0 unspecified atom stereocenters. The minimum atomic E-state index is -0.0496. The molecule has 54 heavy (non-hydrogen) atoms. The van der Waals surface area contributed by atoms with E-state index in [0.717, 1.165) is 88.8 Å². The van der Waals surface area contributed by atoms with Crippen molar-refractivity contribution in [2.75, 3.05) is 19.1 Å². The fourth-order valence-corrected chi connectivity index (χ4v) is 8.44. The standard InChI is InChI=1S/C49H34N2O3/c1-30-35-12-4-5-13-38(35)40-15-8-10-18-43(40)50(30)33-22-24-36-31(28-33)20-26-45(53-2)47(36)48-37-25-23-34(29-32(37)21-27-46(48)54-3)51-44-19-11-9-16-41(44)39-14-6-7-17-42(39)49(51)52/h4-29H,1H2,2-3H3. The summed E-state index contributed by atoms with van der Waals surface area (Å²) in [6.45, 7) is 4.58. The summed E-state index contributed by atoms with van der Waals surface area (Å²) in [6.07, 6.45) is 0. The van der Waals surface area contributed by atoms with E-state index in [-0.39, 0.29) is 5.56 Å². The van der Waals surface area contributed by atoms with Gasteiger partial charge in [-0.2, -0.15) is 0 Å². The molecule has 0 fully saturated rings. The highest BCUT2D eigenvalue weighted by atomic mass is 16.5. The van der Waals surface area contributed by atoms with Gasteiger partial charge in [0.1, 0.15) is 11.5 Å². The van der Waals surface area contributed by atoms with E-state index in [0.29, 0.717) is 5.39 Å². The SMILES string of the molecule is C=C1c2ccccc2-c2ccccc2N1c1ccc2c(-c3c(OC)ccc4cc(-n5c(=O)c6ccccc6c6ccccc65)ccc34)c(OC)ccc2c1. The number of hydrogen-bond donors (Lipinski definition) is 0. The molecule has 1 aromatic heterocycles. The van der Waals surface area contributed by atoms with Gasteiger partial charge in [0, 0.05) is 50.1 Å². The maximum absolute atomic E-state index is 14.1. The van der Waals surface area contributed by atoms with Gasteiger partial charge in [0.25, 0.3) is 5.56 Å². The van der Waals surface area contributed by atoms with Crippen LogP contribution < -0.4 is 19.9 Å². The number of ether oxygens (including phenoxy) is 2. The summed E-state index contributed by atoms with van der Waals surface area (Å²) in [4.78, 5) is 16.4. The molecule has 1 aliphatic rings. The number of pyridine rings is 1. The van der Waals surface area contributed by atoms with Gasteiger partial charge in [-0.25, -0.2) is 0 Å². The molecule has 0 spiro atoms. The van der Waals surface area contributed by atoms with Crippen molar-refractivity contribution >= 4 is 60.3 Å². The van der Waals surface area contributed by atoms with Crippen molar-refractivity contribution < 1.29 is 9.47 Å². The number of nitrogens with zero attached hydrogens (tertiary/aromatic N) is 2. The van der Waals surface area contributed by atoms with Gasteiger partial charge in [0.15, 0.2) is 0 Å². The van der Waals surface area contributed by atoms with E-state index >= 15 is 0 Å². The number of para-hydroxylation sites is 2. The number of fused-ring (bicyclic) bond motifs is 8. The van der Waals surface area contributed by atoms with Crippen molar-refractivity contribution in [1.82, 2.24) is 4.57 Å². The lowest BCUT2D eigenvalue weighted by atomic mass is 9.90. The van der Waals surface area contributed by atoms with Crippen molar-refractivity contribution in [3.63, 3.8) is 0 Å². The van der Waals surface area contributed by atoms with Crippen LogP contribution in [0.4, 0.5) is 11.4 Å². The Labute approximate surface area is 312 Å². The molecule has 0 radical (unpaired) electrons. The quantitative estimate of drug-likeness (QED) is 0.168. The molecular weight excluding hydrogens is 665 g/mol. The first-order chi connectivity index (χ1) is 26.6. The maximum atomic E-state index is 14.1. The van der Waals surface area contributed by atoms with Gasteiger partial charge in [0.05, 0.1) is 25.4 Å². The van der Waals surface area contributed by atoms with Gasteiger partial charge in [-0.15, -0.1) is 0 Å². The third kappa shape index (κ3) is 4.61. The first-order valence-corrected chi connectivity index (χ1v) is 18.0. The molecule has 0 aliphatic carbocycles. The van der Waals surface area contributed by atoms with E-state index in [4.69, 9.17) is 9.47 Å². The molecule has 0 saturated carbocycles. The predicted octanol–water partition coefficient (Wildman–Crippen LogP) is 11.9. The number of benzene rings is 8. The van der Waals surface area contributed by atoms with Gasteiger partial charge in [-0.1, -0.05) is 110 Å². The highest BCUT2D eigenvalue weighted by Gasteiger charge is 2.27. The molecule has 1 aliphatic heterocycles. The van der Waals surface area contributed by atoms with Crippen LogP contribution in [0.2, 0.25) is 0 Å². The highest BCUT2D eigenvalue weighted by Crippen LogP contribution is 2.50. The molecule has 0 atom stereocenters. The number of hydrogen-bond acceptors (Lipinski definition) is 4. The Bertz CT molecular complexity index is 3090. The van der Waals surface area contributed by atoms with Gasteiger partial charge in [0.2, 0.25) is 0 Å². The second-order valence-electron chi connectivity index (χ2n) is 13.6. The van der Waals surface area contributed by atoms with Crippen molar-refractivity contribution in [3.05, 3.63) is 180 Å². The van der Waals surface area contributed by atoms with Crippen molar-refractivity contribution in [2.24, 2.45) is 0 Å². The van der Waals surface area contributed by atoms with E-state index in [1.807, 2.05) is 65.2 Å². The Morgan fingerprint density at radius 2 is 1.02 bits per heavy atom. The molecule has 0 saturated heterocycles. The van der Waals surface area contributed by atoms with Crippen LogP contribution in [-0.4, -0.2) is 18.8 Å². The van der Waals surface area contributed by atoms with E-state index < -0.39 is 0 Å². The average molecular weight is 699 g/mol. The normalized spacial score (nSPS) is 12.3. The second-order valence-corrected chi connectivity index (χ2v) is 13.6. The topological polar surface area (TPSA) is 43.7 Å². The third-order valence-electron chi connectivity index (χ3n) is 10.9. The van der Waals surface area contributed by atoms with Crippen molar-refractivity contribution in [1.29, 1.82) is 0 Å². The number of methoxy groups -OCH3 is 2. The van der Waals surface area contributed by atoms with Gasteiger partial charge >= 0.3 is 0 Å². The van der Waals surface area contributed by atoms with Gasteiger partial charge in [-0.05, 0) is 87.1 Å². The zero-order valence-corrected chi connectivity index (χ0v) is 29.8. The molecule has 0 N–H and O–H groups in total. The number of rotatable bonds is 5. The zero-order valence-electron chi connectivity index (χ0n) is 29.8. The molecule has 9 aromatic rings. The fourth-order valence-electron chi connectivity index (χ4n) is 8.44. The second kappa shape index (κ2) is 12.2. The van der Waals surface area contributed by atoms with Crippen LogP contribution in [0.3, 0.4) is 0 Å². The Kier molecular flexibility index (Phi) is 7.17. The Hall–Kier alpha value is -7.11. The highest BCUT2D eigenvalue weighted by molar-refractivity contribution is 6.12. The first-order valence-electron chi connectivity index (χ1n) is 18.0. The summed E-state index contributed by atoms with van der Waals surface area (Å²) >= 11 is 0. The van der Waals surface area contributed by atoms with Crippen LogP contribution in [0, 0.1) is 0 Å². The van der Waals surface area contributed by atoms with Gasteiger partial charge < -0.3 is 14.4 Å². The summed E-state index contributed by atoms with van der Waals surface area (Å²) < 4.78 is 14.0. The van der Waals surface area contributed by atoms with Crippen LogP contribution in [0.1, 0.15) is 5.56 Å². The molecule has 5 heteroatoms. The smallest absolute Gasteiger partial charge is 0.263 e. The van der Waals surface area contributed by atoms with Crippen LogP contribution in [0.5, 0.6) is 11.5 Å². The minimum Gasteiger partial charge on any atom is -0.496 e. The Morgan fingerprint density at radius 3 is 1.70 bits per heavy atom. The molecular formula is C49H34N2O3. The van der Waals surface area contributed by atoms with E-state index in [1.165, 1.54) is 11.1 Å². The lowest BCUT2D eigenvalue weighted by Gasteiger charge is -2.35. The third-order valence-corrected chi connectivity index (χ3v) is 10.9. The maximum Gasteiger partial charge on any atom is 0.263 e. The molecule has 0 amide bonds. The number of aromatic nitrogens is 1. The van der Waals surface area contributed by atoms with E-state index in [2.05, 4.69) is 109 Å². The van der Waals surface area contributed by atoms with Gasteiger partial charge in [-0.3, -0.25) is 9.36 Å². The van der Waals surface area contributed by atoms with Crippen molar-refractivity contribution in [2.45, 2.75) is 0 Å². The van der Waals surface area contributed by atoms with Crippen LogP contribution in [0.25, 0.3) is 76.9 Å². The molecule has 258 valence electrons. The number of anilines is 2. The summed E-state index contributed by atoms with van der Waals surface area (Å²) in [6, 6.07) is 53.8. The molecule has 8 aromatic carbocycles. The van der Waals surface area contributed by atoms with Crippen LogP contribution in [0.15, 0.2) is 169 Å². The monoisotopic (exact) mass is 698 g/mol. The summed E-state index contributed by atoms with van der Waals surface area (Å²) in [7, 11) is 3.41. The average Bonchev–Trinajstić information content (AvgIpc) is 3.23. The summed E-state index contributed by atoms with van der Waals surface area (Å²) in [5, 5.41) is 6.71. The van der Waals surface area contributed by atoms with Crippen LogP contribution in [-0.2, 0) is 0 Å². The Balaban J connectivity index is 1.16. The first kappa shape index (κ1) is 31.6. The fraction of sp³-hybridized carbons (Fsp3) is 0.0408. The lowest BCUT2D eigenvalue weighted by molar-refractivity contribution is 0.411. The van der Waals surface area contributed by atoms with E-state index in [1.54, 1.807) is 14.2 Å². The summed E-state index contributed by atoms with van der Waals surface area (Å²) in [5.41, 5.74) is 10.0. The largest absolute Gasteiger partial charge is 0.496 e. The zero-order chi connectivity index (χ0) is 36.5. The summed E-state index contributed by atoms with van der Waals surface area (Å²) in [5.74, 6) is 1.47. The molecule has 0 bridgehead atoms. The molecule has 2 heterocycles. The van der Waals surface area contributed by atoms with Crippen LogP contribution >= 0.6 is 0 Å². The minimum absolute atomic E-state index is 0.0496. The molecule has 10 rings (SSSR count). The van der Waals surface area contributed by atoms with E-state index in [9.17, 15) is 4.79 Å². The lowest BCUT2D eigenvalue weighted by Crippen LogP contribution is -2.19.